The van der Waals surface area contributed by atoms with E-state index in [0.717, 1.165) is 16.9 Å². The summed E-state index contributed by atoms with van der Waals surface area (Å²) in [6.45, 7) is 0.570. The maximum atomic E-state index is 11.5. The Kier molecular flexibility index (Phi) is 1.36. The van der Waals surface area contributed by atoms with Gasteiger partial charge in [-0.25, -0.2) is 4.99 Å². The van der Waals surface area contributed by atoms with E-state index in [4.69, 9.17) is 4.74 Å². The fourth-order valence-electron chi connectivity index (χ4n) is 1.75. The topological polar surface area (TPSA) is 38.7 Å². The molecule has 0 saturated carbocycles. The molecule has 0 aliphatic carbocycles. The molecule has 68 valence electrons. The molecule has 0 unspecified atom stereocenters. The largest absolute Gasteiger partial charge is 0.489 e. The van der Waals surface area contributed by atoms with Crippen molar-refractivity contribution in [2.24, 2.45) is 4.99 Å². The molecule has 2 aliphatic heterocycles. The molecule has 3 nitrogen and oxygen atoms in total. The number of nitrogens with zero attached hydrogens (tertiary/aromatic N) is 1. The lowest BCUT2D eigenvalue weighted by molar-refractivity contribution is 0.101. The molecule has 3 heteroatoms. The summed E-state index contributed by atoms with van der Waals surface area (Å²) >= 11 is 0. The number of aliphatic imine (C=N–C) groups is 1. The predicted molar refractivity (Wildman–Crippen MR) is 52.9 cm³/mol. The number of carbonyl (C=O) groups is 1. The standard InChI is InChI=1S/C11H7NO2/c13-11-10-7(6-12-11)3-4-9-8(10)2-1-5-14-9/h1-4,6H,5H2. The number of benzene rings is 1. The van der Waals surface area contributed by atoms with Gasteiger partial charge >= 0.3 is 0 Å². The van der Waals surface area contributed by atoms with Gasteiger partial charge in [-0.2, -0.15) is 0 Å². The lowest BCUT2D eigenvalue weighted by Gasteiger charge is -2.14. The summed E-state index contributed by atoms with van der Waals surface area (Å²) in [7, 11) is 0. The molecule has 2 heterocycles. The van der Waals surface area contributed by atoms with Crippen LogP contribution in [0.5, 0.6) is 5.75 Å². The van der Waals surface area contributed by atoms with Crippen LogP contribution in [-0.4, -0.2) is 18.7 Å². The Balaban J connectivity index is 2.32. The van der Waals surface area contributed by atoms with Crippen LogP contribution in [-0.2, 0) is 0 Å². The average Bonchev–Trinajstić information content (AvgIpc) is 2.61. The first kappa shape index (κ1) is 7.50. The van der Waals surface area contributed by atoms with Crippen molar-refractivity contribution in [1.29, 1.82) is 0 Å². The lowest BCUT2D eigenvalue weighted by Crippen LogP contribution is -2.05. The van der Waals surface area contributed by atoms with Crippen LogP contribution in [0.4, 0.5) is 0 Å². The highest BCUT2D eigenvalue weighted by atomic mass is 16.5. The minimum Gasteiger partial charge on any atom is -0.489 e. The van der Waals surface area contributed by atoms with Crippen LogP contribution in [0, 0.1) is 0 Å². The van der Waals surface area contributed by atoms with Crippen LogP contribution in [0.25, 0.3) is 6.08 Å². The molecule has 0 radical (unpaired) electrons. The summed E-state index contributed by atoms with van der Waals surface area (Å²) in [5.74, 6) is 0.595. The maximum absolute atomic E-state index is 11.5. The number of rotatable bonds is 0. The molecule has 1 aromatic rings. The summed E-state index contributed by atoms with van der Waals surface area (Å²) in [6, 6.07) is 3.74. The van der Waals surface area contributed by atoms with Gasteiger partial charge in [-0.05, 0) is 18.2 Å². The molecule has 3 rings (SSSR count). The normalized spacial score (nSPS) is 16.4. The fraction of sp³-hybridized carbons (Fsp3) is 0.0909. The summed E-state index contributed by atoms with van der Waals surface area (Å²) in [5, 5.41) is 0. The number of carbonyl (C=O) groups excluding carboxylic acids is 1. The Morgan fingerprint density at radius 1 is 1.36 bits per heavy atom. The highest BCUT2D eigenvalue weighted by Crippen LogP contribution is 2.31. The molecule has 0 bridgehead atoms. The van der Waals surface area contributed by atoms with Gasteiger partial charge in [0, 0.05) is 17.3 Å². The van der Waals surface area contributed by atoms with Gasteiger partial charge in [0.25, 0.3) is 5.91 Å². The van der Waals surface area contributed by atoms with E-state index >= 15 is 0 Å². The zero-order chi connectivity index (χ0) is 9.54. The van der Waals surface area contributed by atoms with Crippen molar-refractivity contribution in [3.63, 3.8) is 0 Å². The molecule has 1 aromatic carbocycles. The Morgan fingerprint density at radius 2 is 2.29 bits per heavy atom. The Bertz CT molecular complexity index is 486. The van der Waals surface area contributed by atoms with Crippen molar-refractivity contribution < 1.29 is 9.53 Å². The Labute approximate surface area is 80.7 Å². The summed E-state index contributed by atoms with van der Waals surface area (Å²) in [5.41, 5.74) is 2.40. The van der Waals surface area contributed by atoms with Gasteiger partial charge in [-0.15, -0.1) is 0 Å². The van der Waals surface area contributed by atoms with Crippen LogP contribution < -0.4 is 4.74 Å². The monoisotopic (exact) mass is 185 g/mol. The van der Waals surface area contributed by atoms with Crippen LogP contribution >= 0.6 is 0 Å². The second-order valence-electron chi connectivity index (χ2n) is 3.22. The third kappa shape index (κ3) is 0.865. The SMILES string of the molecule is O=C1N=Cc2ccc3c(c21)C=CCO3. The minimum atomic E-state index is -0.174. The van der Waals surface area contributed by atoms with E-state index in [9.17, 15) is 4.79 Å². The Morgan fingerprint density at radius 3 is 3.21 bits per heavy atom. The van der Waals surface area contributed by atoms with Crippen molar-refractivity contribution in [1.82, 2.24) is 0 Å². The molecule has 0 aromatic heterocycles. The van der Waals surface area contributed by atoms with Gasteiger partial charge in [-0.1, -0.05) is 6.08 Å². The molecule has 0 fully saturated rings. The first-order valence-corrected chi connectivity index (χ1v) is 4.41. The third-order valence-electron chi connectivity index (χ3n) is 2.39. The molecule has 14 heavy (non-hydrogen) atoms. The second-order valence-corrected chi connectivity index (χ2v) is 3.22. The van der Waals surface area contributed by atoms with E-state index in [1.54, 1.807) is 6.21 Å². The van der Waals surface area contributed by atoms with Gasteiger partial charge < -0.3 is 4.74 Å². The number of fused-ring (bicyclic) bond motifs is 3. The number of hydrogen-bond acceptors (Lipinski definition) is 2. The van der Waals surface area contributed by atoms with Gasteiger partial charge in [-0.3, -0.25) is 4.79 Å². The lowest BCUT2D eigenvalue weighted by atomic mass is 10.0. The fourth-order valence-corrected chi connectivity index (χ4v) is 1.75. The first-order chi connectivity index (χ1) is 6.86. The molecule has 2 aliphatic rings. The van der Waals surface area contributed by atoms with E-state index in [2.05, 4.69) is 4.99 Å². The smallest absolute Gasteiger partial charge is 0.278 e. The van der Waals surface area contributed by atoms with E-state index in [-0.39, 0.29) is 5.91 Å². The van der Waals surface area contributed by atoms with Crippen molar-refractivity contribution in [3.8, 4) is 5.75 Å². The zero-order valence-electron chi connectivity index (χ0n) is 7.36. The minimum absolute atomic E-state index is 0.174. The molecule has 1 amide bonds. The number of hydrogen-bond donors (Lipinski definition) is 0. The molecule has 0 spiro atoms. The van der Waals surface area contributed by atoms with Crippen molar-refractivity contribution >= 4 is 18.2 Å². The van der Waals surface area contributed by atoms with Crippen LogP contribution in [0.15, 0.2) is 23.2 Å². The van der Waals surface area contributed by atoms with E-state index in [1.165, 1.54) is 0 Å². The van der Waals surface area contributed by atoms with Gasteiger partial charge in [0.15, 0.2) is 0 Å². The van der Waals surface area contributed by atoms with Gasteiger partial charge in [0.2, 0.25) is 0 Å². The van der Waals surface area contributed by atoms with Crippen molar-refractivity contribution in [2.45, 2.75) is 0 Å². The molecular weight excluding hydrogens is 178 g/mol. The second kappa shape index (κ2) is 2.54. The van der Waals surface area contributed by atoms with Crippen LogP contribution in [0.2, 0.25) is 0 Å². The average molecular weight is 185 g/mol. The zero-order valence-corrected chi connectivity index (χ0v) is 7.36. The van der Waals surface area contributed by atoms with Gasteiger partial charge in [0.05, 0.1) is 5.56 Å². The Hall–Kier alpha value is -1.90. The van der Waals surface area contributed by atoms with E-state index in [1.807, 2.05) is 24.3 Å². The number of ether oxygens (including phenoxy) is 1. The van der Waals surface area contributed by atoms with Gasteiger partial charge in [0.1, 0.15) is 12.4 Å². The van der Waals surface area contributed by atoms with Crippen LogP contribution in [0.1, 0.15) is 21.5 Å². The van der Waals surface area contributed by atoms with Crippen LogP contribution in [0.3, 0.4) is 0 Å². The van der Waals surface area contributed by atoms with E-state index < -0.39 is 0 Å². The molecule has 0 saturated heterocycles. The number of amides is 1. The van der Waals surface area contributed by atoms with E-state index in [0.29, 0.717) is 12.2 Å². The predicted octanol–water partition coefficient (Wildman–Crippen LogP) is 1.66. The molecular formula is C11H7NO2. The first-order valence-electron chi connectivity index (χ1n) is 4.41. The molecule has 0 N–H and O–H groups in total. The summed E-state index contributed by atoms with van der Waals surface area (Å²) < 4.78 is 5.40. The highest BCUT2D eigenvalue weighted by Gasteiger charge is 2.22. The summed E-state index contributed by atoms with van der Waals surface area (Å²) in [4.78, 5) is 15.2. The molecule has 0 atom stereocenters. The summed E-state index contributed by atoms with van der Waals surface area (Å²) in [6.07, 6.45) is 5.42. The van der Waals surface area contributed by atoms with Crippen molar-refractivity contribution in [2.75, 3.05) is 6.61 Å². The third-order valence-corrected chi connectivity index (χ3v) is 2.39. The van der Waals surface area contributed by atoms with Crippen molar-refractivity contribution in [3.05, 3.63) is 34.9 Å². The quantitative estimate of drug-likeness (QED) is 0.616. The maximum Gasteiger partial charge on any atom is 0.278 e. The highest BCUT2D eigenvalue weighted by molar-refractivity contribution is 6.15.